The zero-order valence-corrected chi connectivity index (χ0v) is 12.5. The molecule has 1 saturated heterocycles. The van der Waals surface area contributed by atoms with Crippen molar-refractivity contribution in [2.24, 2.45) is 5.92 Å². The number of hydrogen-bond acceptors (Lipinski definition) is 4. The lowest BCUT2D eigenvalue weighted by Gasteiger charge is -2.26. The number of hydrogen-bond donors (Lipinski definition) is 3. The van der Waals surface area contributed by atoms with Gasteiger partial charge in [0.1, 0.15) is 0 Å². The molecule has 0 bridgehead atoms. The van der Waals surface area contributed by atoms with Gasteiger partial charge in [-0.3, -0.25) is 4.79 Å². The van der Waals surface area contributed by atoms with E-state index in [0.29, 0.717) is 24.4 Å². The van der Waals surface area contributed by atoms with Gasteiger partial charge in [0.15, 0.2) is 0 Å². The summed E-state index contributed by atoms with van der Waals surface area (Å²) in [7, 11) is 0. The molecule has 1 heterocycles. The highest BCUT2D eigenvalue weighted by molar-refractivity contribution is 5.76. The minimum atomic E-state index is 0.132. The highest BCUT2D eigenvalue weighted by Crippen LogP contribution is 2.02. The Labute approximate surface area is 116 Å². The molecule has 1 fully saturated rings. The van der Waals surface area contributed by atoms with Crippen LogP contribution in [0.2, 0.25) is 0 Å². The molecular weight excluding hydrogens is 242 g/mol. The van der Waals surface area contributed by atoms with Crippen molar-refractivity contribution in [3.63, 3.8) is 0 Å². The van der Waals surface area contributed by atoms with Gasteiger partial charge >= 0.3 is 0 Å². The van der Waals surface area contributed by atoms with Crippen molar-refractivity contribution in [2.75, 3.05) is 32.8 Å². The summed E-state index contributed by atoms with van der Waals surface area (Å²) in [5.41, 5.74) is 0. The van der Waals surface area contributed by atoms with Crippen molar-refractivity contribution in [3.8, 4) is 0 Å². The van der Waals surface area contributed by atoms with E-state index < -0.39 is 0 Å². The molecule has 1 aliphatic rings. The van der Waals surface area contributed by atoms with Crippen molar-refractivity contribution >= 4 is 5.91 Å². The zero-order valence-electron chi connectivity index (χ0n) is 12.5. The van der Waals surface area contributed by atoms with Crippen LogP contribution < -0.4 is 16.0 Å². The fraction of sp³-hybridized carbons (Fsp3) is 0.929. The molecule has 1 rings (SSSR count). The molecule has 0 aromatic heterocycles. The van der Waals surface area contributed by atoms with Gasteiger partial charge in [0.2, 0.25) is 5.91 Å². The van der Waals surface area contributed by atoms with Crippen LogP contribution in [0.3, 0.4) is 0 Å². The Balaban J connectivity index is 2.02. The van der Waals surface area contributed by atoms with Crippen molar-refractivity contribution in [1.82, 2.24) is 16.0 Å². The van der Waals surface area contributed by atoms with E-state index in [1.807, 2.05) is 0 Å². The standard InChI is InChI=1S/C14H29N3O2/c1-11(2)9-17-14(18)4-5-15-12(3)8-13-10-19-7-6-16-13/h11-13,15-16H,4-10H2,1-3H3,(H,17,18). The van der Waals surface area contributed by atoms with Gasteiger partial charge in [0, 0.05) is 38.1 Å². The fourth-order valence-electron chi connectivity index (χ4n) is 2.12. The number of carbonyl (C=O) groups excluding carboxylic acids is 1. The van der Waals surface area contributed by atoms with Gasteiger partial charge in [-0.1, -0.05) is 13.8 Å². The predicted octanol–water partition coefficient (Wildman–Crippen LogP) is 0.505. The van der Waals surface area contributed by atoms with Crippen molar-refractivity contribution in [2.45, 2.75) is 45.7 Å². The molecule has 3 N–H and O–H groups in total. The Hall–Kier alpha value is -0.650. The topological polar surface area (TPSA) is 62.4 Å². The van der Waals surface area contributed by atoms with Gasteiger partial charge in [-0.2, -0.15) is 0 Å². The van der Waals surface area contributed by atoms with E-state index in [-0.39, 0.29) is 5.91 Å². The summed E-state index contributed by atoms with van der Waals surface area (Å²) in [4.78, 5) is 11.5. The molecule has 0 aliphatic carbocycles. The first-order valence-corrected chi connectivity index (χ1v) is 7.39. The maximum atomic E-state index is 11.5. The second kappa shape index (κ2) is 9.28. The summed E-state index contributed by atoms with van der Waals surface area (Å²) < 4.78 is 5.43. The number of amides is 1. The first-order valence-electron chi connectivity index (χ1n) is 7.39. The summed E-state index contributed by atoms with van der Waals surface area (Å²) in [6.07, 6.45) is 1.58. The molecule has 0 saturated carbocycles. The minimum Gasteiger partial charge on any atom is -0.379 e. The molecule has 1 amide bonds. The second-order valence-electron chi connectivity index (χ2n) is 5.76. The molecule has 1 aliphatic heterocycles. The molecule has 0 spiro atoms. The van der Waals surface area contributed by atoms with Gasteiger partial charge < -0.3 is 20.7 Å². The number of carbonyl (C=O) groups is 1. The molecule has 0 radical (unpaired) electrons. The smallest absolute Gasteiger partial charge is 0.221 e. The highest BCUT2D eigenvalue weighted by atomic mass is 16.5. The number of rotatable bonds is 8. The van der Waals surface area contributed by atoms with E-state index in [4.69, 9.17) is 4.74 Å². The van der Waals surface area contributed by atoms with E-state index in [9.17, 15) is 4.79 Å². The summed E-state index contributed by atoms with van der Waals surface area (Å²) in [5, 5.41) is 9.76. The lowest BCUT2D eigenvalue weighted by atomic mass is 10.1. The lowest BCUT2D eigenvalue weighted by Crippen LogP contribution is -2.45. The van der Waals surface area contributed by atoms with Crippen LogP contribution in [0.5, 0.6) is 0 Å². The lowest BCUT2D eigenvalue weighted by molar-refractivity contribution is -0.121. The van der Waals surface area contributed by atoms with Crippen LogP contribution >= 0.6 is 0 Å². The Kier molecular flexibility index (Phi) is 8.02. The molecule has 0 aromatic rings. The molecule has 2 unspecified atom stereocenters. The second-order valence-corrected chi connectivity index (χ2v) is 5.76. The quantitative estimate of drug-likeness (QED) is 0.602. The molecule has 19 heavy (non-hydrogen) atoms. The van der Waals surface area contributed by atoms with Gasteiger partial charge in [-0.05, 0) is 19.3 Å². The van der Waals surface area contributed by atoms with Gasteiger partial charge in [-0.15, -0.1) is 0 Å². The Morgan fingerprint density at radius 2 is 2.21 bits per heavy atom. The van der Waals surface area contributed by atoms with E-state index in [0.717, 1.165) is 39.3 Å². The SMILES string of the molecule is CC(C)CNC(=O)CCNC(C)CC1COCCN1. The predicted molar refractivity (Wildman–Crippen MR) is 77.2 cm³/mol. The number of nitrogens with one attached hydrogen (secondary N) is 3. The Morgan fingerprint density at radius 3 is 2.84 bits per heavy atom. The Morgan fingerprint density at radius 1 is 1.42 bits per heavy atom. The molecule has 5 heteroatoms. The van der Waals surface area contributed by atoms with Crippen LogP contribution in [0.4, 0.5) is 0 Å². The number of ether oxygens (including phenoxy) is 1. The maximum absolute atomic E-state index is 11.5. The van der Waals surface area contributed by atoms with E-state index in [2.05, 4.69) is 36.7 Å². The highest BCUT2D eigenvalue weighted by Gasteiger charge is 2.15. The fourth-order valence-corrected chi connectivity index (χ4v) is 2.12. The minimum absolute atomic E-state index is 0.132. The van der Waals surface area contributed by atoms with Gasteiger partial charge in [0.05, 0.1) is 13.2 Å². The third-order valence-electron chi connectivity index (χ3n) is 3.19. The van der Waals surface area contributed by atoms with Crippen LogP contribution in [0.1, 0.15) is 33.6 Å². The van der Waals surface area contributed by atoms with Crippen molar-refractivity contribution in [3.05, 3.63) is 0 Å². The largest absolute Gasteiger partial charge is 0.379 e. The maximum Gasteiger partial charge on any atom is 0.221 e. The van der Waals surface area contributed by atoms with E-state index >= 15 is 0 Å². The van der Waals surface area contributed by atoms with Crippen LogP contribution in [-0.2, 0) is 9.53 Å². The van der Waals surface area contributed by atoms with Crippen LogP contribution in [0.25, 0.3) is 0 Å². The van der Waals surface area contributed by atoms with Crippen molar-refractivity contribution in [1.29, 1.82) is 0 Å². The van der Waals surface area contributed by atoms with Gasteiger partial charge in [0.25, 0.3) is 0 Å². The molecule has 112 valence electrons. The first kappa shape index (κ1) is 16.4. The summed E-state index contributed by atoms with van der Waals surface area (Å²) in [6, 6.07) is 0.836. The summed E-state index contributed by atoms with van der Waals surface area (Å²) in [6.45, 7) is 10.4. The zero-order chi connectivity index (χ0) is 14.1. The third kappa shape index (κ3) is 8.18. The molecule has 5 nitrogen and oxygen atoms in total. The third-order valence-corrected chi connectivity index (χ3v) is 3.19. The van der Waals surface area contributed by atoms with Crippen LogP contribution in [0, 0.1) is 5.92 Å². The van der Waals surface area contributed by atoms with Crippen LogP contribution in [-0.4, -0.2) is 50.8 Å². The molecular formula is C14H29N3O2. The first-order chi connectivity index (χ1) is 9.08. The Bertz CT molecular complexity index is 253. The average molecular weight is 271 g/mol. The van der Waals surface area contributed by atoms with Crippen molar-refractivity contribution < 1.29 is 9.53 Å². The molecule has 2 atom stereocenters. The normalized spacial score (nSPS) is 21.4. The summed E-state index contributed by atoms with van der Waals surface area (Å²) >= 11 is 0. The van der Waals surface area contributed by atoms with Gasteiger partial charge in [-0.25, -0.2) is 0 Å². The molecule has 0 aromatic carbocycles. The van der Waals surface area contributed by atoms with Crippen LogP contribution in [0.15, 0.2) is 0 Å². The number of morpholine rings is 1. The monoisotopic (exact) mass is 271 g/mol. The van der Waals surface area contributed by atoms with E-state index in [1.165, 1.54) is 0 Å². The summed E-state index contributed by atoms with van der Waals surface area (Å²) in [5.74, 6) is 0.640. The average Bonchev–Trinajstić information content (AvgIpc) is 2.37. The van der Waals surface area contributed by atoms with E-state index in [1.54, 1.807) is 0 Å².